The Bertz CT molecular complexity index is 1950. The molecule has 1 radical (unpaired) electrons. The van der Waals surface area contributed by atoms with Crippen molar-refractivity contribution in [1.29, 1.82) is 0 Å². The third-order valence-electron chi connectivity index (χ3n) is 7.21. The predicted molar refractivity (Wildman–Crippen MR) is 179 cm³/mol. The molecular weight excluding hydrogens is 736 g/mol. The largest absolute Gasteiger partial charge is 0.311 e. The Labute approximate surface area is 272 Å². The fraction of sp³-hybridized carbons (Fsp3) is 0.0256. The van der Waals surface area contributed by atoms with Gasteiger partial charge in [0.05, 0.1) is 0 Å². The summed E-state index contributed by atoms with van der Waals surface area (Å²) < 4.78 is 14.2. The van der Waals surface area contributed by atoms with Crippen LogP contribution in [0.3, 0.4) is 0 Å². The topological polar surface area (TPSA) is 42.9 Å². The van der Waals surface area contributed by atoms with Gasteiger partial charge in [0.2, 0.25) is 0 Å². The third kappa shape index (κ3) is 6.69. The van der Waals surface area contributed by atoms with Gasteiger partial charge in [0.25, 0.3) is 0 Å². The number of fused-ring (bicyclic) bond motifs is 1. The van der Waals surface area contributed by atoms with Crippen LogP contribution in [0.15, 0.2) is 158 Å². The second kappa shape index (κ2) is 14.3. The summed E-state index contributed by atoms with van der Waals surface area (Å²) in [4.78, 5) is 8.88. The SMILES string of the molecule is Cc1ccc(-c2ccc[c-]c2-c2ccccn2)nc1.O=P(c1[c-]cc2ccccc2c1)(c1ccccc1)c1ccccc1.[Ir]. The number of nitrogens with zero attached hydrogens (tertiary/aromatic N) is 2. The van der Waals surface area contributed by atoms with E-state index in [1.807, 2.05) is 147 Å². The molecule has 5 aromatic carbocycles. The van der Waals surface area contributed by atoms with E-state index in [1.54, 1.807) is 6.20 Å². The van der Waals surface area contributed by atoms with Crippen molar-refractivity contribution in [2.75, 3.05) is 0 Å². The van der Waals surface area contributed by atoms with Gasteiger partial charge < -0.3 is 9.55 Å². The van der Waals surface area contributed by atoms with Gasteiger partial charge in [-0.25, -0.2) is 0 Å². The molecule has 0 saturated heterocycles. The Hall–Kier alpha value is -4.46. The van der Waals surface area contributed by atoms with Gasteiger partial charge in [0, 0.05) is 48.8 Å². The summed E-state index contributed by atoms with van der Waals surface area (Å²) in [6.45, 7) is 2.04. The Kier molecular flexibility index (Phi) is 10.1. The van der Waals surface area contributed by atoms with Crippen LogP contribution in [-0.2, 0) is 24.7 Å². The van der Waals surface area contributed by atoms with Crippen molar-refractivity contribution >= 4 is 33.8 Å². The van der Waals surface area contributed by atoms with Crippen molar-refractivity contribution in [2.24, 2.45) is 0 Å². The van der Waals surface area contributed by atoms with E-state index in [2.05, 4.69) is 34.2 Å². The van der Waals surface area contributed by atoms with Gasteiger partial charge in [-0.15, -0.1) is 46.7 Å². The minimum Gasteiger partial charge on any atom is -0.311 e. The fourth-order valence-electron chi connectivity index (χ4n) is 5.00. The van der Waals surface area contributed by atoms with Gasteiger partial charge in [-0.3, -0.25) is 4.98 Å². The van der Waals surface area contributed by atoms with Crippen LogP contribution in [0.5, 0.6) is 0 Å². The van der Waals surface area contributed by atoms with Crippen LogP contribution in [0, 0.1) is 19.1 Å². The van der Waals surface area contributed by atoms with E-state index in [0.29, 0.717) is 0 Å². The fourth-order valence-corrected chi connectivity index (χ4v) is 7.61. The van der Waals surface area contributed by atoms with Crippen LogP contribution in [0.25, 0.3) is 33.3 Å². The summed E-state index contributed by atoms with van der Waals surface area (Å²) >= 11 is 0. The van der Waals surface area contributed by atoms with E-state index in [1.165, 1.54) is 0 Å². The van der Waals surface area contributed by atoms with Gasteiger partial charge in [-0.05, 0) is 30.3 Å². The second-order valence-corrected chi connectivity index (χ2v) is 12.9. The third-order valence-corrected chi connectivity index (χ3v) is 10.2. The maximum atomic E-state index is 14.2. The molecule has 3 nitrogen and oxygen atoms in total. The molecule has 0 saturated carbocycles. The molecule has 217 valence electrons. The number of benzene rings is 5. The number of aromatic nitrogens is 2. The molecule has 44 heavy (non-hydrogen) atoms. The maximum Gasteiger partial charge on any atom is 0.147 e. The first-order chi connectivity index (χ1) is 21.1. The molecule has 0 aliphatic heterocycles. The first-order valence-electron chi connectivity index (χ1n) is 14.1. The number of pyridine rings is 2. The zero-order valence-corrected chi connectivity index (χ0v) is 27.4. The molecule has 0 N–H and O–H groups in total. The smallest absolute Gasteiger partial charge is 0.147 e. The molecular formula is C39H29IrN2OP-2. The molecule has 0 spiro atoms. The molecule has 0 fully saturated rings. The predicted octanol–water partition coefficient (Wildman–Crippen LogP) is 8.20. The van der Waals surface area contributed by atoms with Gasteiger partial charge in [0.15, 0.2) is 0 Å². The monoisotopic (exact) mass is 765 g/mol. The molecule has 7 aromatic rings. The quantitative estimate of drug-likeness (QED) is 0.131. The van der Waals surface area contributed by atoms with E-state index in [0.717, 1.165) is 54.8 Å². The zero-order chi connectivity index (χ0) is 29.5. The van der Waals surface area contributed by atoms with Gasteiger partial charge in [0.1, 0.15) is 7.14 Å². The molecule has 0 atom stereocenters. The van der Waals surface area contributed by atoms with Gasteiger partial charge in [-0.1, -0.05) is 108 Å². The first kappa shape index (κ1) is 31.0. The Balaban J connectivity index is 0.000000175. The number of hydrogen-bond acceptors (Lipinski definition) is 3. The molecule has 5 heteroatoms. The second-order valence-electron chi connectivity index (χ2n) is 10.1. The Morgan fingerprint density at radius 3 is 1.91 bits per heavy atom. The summed E-state index contributed by atoms with van der Waals surface area (Å²) in [7, 11) is -2.94. The Morgan fingerprint density at radius 1 is 0.614 bits per heavy atom. The van der Waals surface area contributed by atoms with E-state index in [4.69, 9.17) is 0 Å². The average Bonchev–Trinajstić information content (AvgIpc) is 3.09. The van der Waals surface area contributed by atoms with Crippen molar-refractivity contribution in [3.63, 3.8) is 0 Å². The average molecular weight is 765 g/mol. The van der Waals surface area contributed by atoms with Crippen molar-refractivity contribution in [2.45, 2.75) is 6.92 Å². The van der Waals surface area contributed by atoms with Crippen molar-refractivity contribution < 1.29 is 24.7 Å². The Morgan fingerprint density at radius 2 is 1.27 bits per heavy atom. The van der Waals surface area contributed by atoms with Crippen LogP contribution in [0.4, 0.5) is 0 Å². The number of hydrogen-bond donors (Lipinski definition) is 0. The molecule has 7 rings (SSSR count). The molecule has 0 aliphatic carbocycles. The molecule has 0 bridgehead atoms. The van der Waals surface area contributed by atoms with E-state index < -0.39 is 7.14 Å². The van der Waals surface area contributed by atoms with Crippen LogP contribution in [0.1, 0.15) is 5.56 Å². The van der Waals surface area contributed by atoms with Gasteiger partial charge >= 0.3 is 0 Å². The summed E-state index contributed by atoms with van der Waals surface area (Å²) in [5, 5.41) is 4.61. The molecule has 2 heterocycles. The van der Waals surface area contributed by atoms with Gasteiger partial charge in [-0.2, -0.15) is 18.2 Å². The summed E-state index contributed by atoms with van der Waals surface area (Å²) in [5.74, 6) is 0. The number of aryl methyl sites for hydroxylation is 1. The molecule has 0 aliphatic rings. The molecule has 0 unspecified atom stereocenters. The van der Waals surface area contributed by atoms with Crippen molar-refractivity contribution in [1.82, 2.24) is 9.97 Å². The summed E-state index contributed by atoms with van der Waals surface area (Å²) in [6.07, 6.45) is 3.67. The van der Waals surface area contributed by atoms with E-state index in [9.17, 15) is 4.57 Å². The summed E-state index contributed by atoms with van der Waals surface area (Å²) in [6, 6.07) is 53.9. The minimum atomic E-state index is -2.94. The molecule has 2 aromatic heterocycles. The summed E-state index contributed by atoms with van der Waals surface area (Å²) in [5.41, 5.74) is 5.06. The standard InChI is InChI=1S/C22H16OP.C17H13N2.Ir/c23-24(20-11-3-1-4-12-20,21-13-5-2-6-14-21)22-16-15-18-9-7-8-10-19(18)17-22;1-13-9-10-17(19-12-13)15-7-3-2-6-14(15)16-8-4-5-11-18-16;/h1-15,17H;2-5,7-12H,1H3;/q2*-1;. The van der Waals surface area contributed by atoms with Crippen molar-refractivity contribution in [3.8, 4) is 22.5 Å². The molecule has 0 amide bonds. The first-order valence-corrected chi connectivity index (χ1v) is 15.8. The number of rotatable bonds is 5. The normalized spacial score (nSPS) is 10.8. The van der Waals surface area contributed by atoms with Crippen LogP contribution < -0.4 is 15.9 Å². The van der Waals surface area contributed by atoms with E-state index >= 15 is 0 Å². The minimum absolute atomic E-state index is 0. The van der Waals surface area contributed by atoms with Crippen LogP contribution >= 0.6 is 7.14 Å². The van der Waals surface area contributed by atoms with Crippen molar-refractivity contribution in [3.05, 3.63) is 176 Å². The van der Waals surface area contributed by atoms with E-state index in [-0.39, 0.29) is 20.1 Å². The van der Waals surface area contributed by atoms with Crippen LogP contribution in [0.2, 0.25) is 0 Å². The van der Waals surface area contributed by atoms with Crippen LogP contribution in [-0.4, -0.2) is 9.97 Å². The maximum absolute atomic E-state index is 14.2. The zero-order valence-electron chi connectivity index (χ0n) is 24.1.